The molecule has 31 heavy (non-hydrogen) atoms. The van der Waals surface area contributed by atoms with Crippen molar-refractivity contribution >= 4 is 17.5 Å². The van der Waals surface area contributed by atoms with Crippen LogP contribution in [0.25, 0.3) is 0 Å². The molecule has 1 fully saturated rings. The number of hydrogen-bond donors (Lipinski definition) is 1. The van der Waals surface area contributed by atoms with Crippen molar-refractivity contribution in [3.8, 4) is 0 Å². The second-order valence-corrected chi connectivity index (χ2v) is 9.03. The number of fused-ring (bicyclic) bond motifs is 1. The summed E-state index contributed by atoms with van der Waals surface area (Å²) in [7, 11) is 0. The van der Waals surface area contributed by atoms with Gasteiger partial charge >= 0.3 is 0 Å². The summed E-state index contributed by atoms with van der Waals surface area (Å²) in [5.74, 6) is 2.60. The molecule has 2 aromatic heterocycles. The molecular weight excluding hydrogens is 388 g/mol. The predicted molar refractivity (Wildman–Crippen MR) is 122 cm³/mol. The molecule has 2 aliphatic rings. The van der Waals surface area contributed by atoms with Crippen molar-refractivity contribution < 1.29 is 4.79 Å². The molecule has 1 aliphatic carbocycles. The van der Waals surface area contributed by atoms with Gasteiger partial charge < -0.3 is 10.2 Å². The Morgan fingerprint density at radius 2 is 2.03 bits per heavy atom. The number of hydrogen-bond acceptors (Lipinski definition) is 6. The maximum atomic E-state index is 13.3. The minimum atomic E-state index is 0.242. The number of pyridine rings is 1. The number of amides is 1. The van der Waals surface area contributed by atoms with E-state index in [2.05, 4.69) is 38.9 Å². The Hall–Kier alpha value is -2.54. The van der Waals surface area contributed by atoms with Crippen LogP contribution in [0.2, 0.25) is 0 Å². The van der Waals surface area contributed by atoms with Gasteiger partial charge in [-0.2, -0.15) is 0 Å². The van der Waals surface area contributed by atoms with Gasteiger partial charge in [0, 0.05) is 36.9 Å². The first kappa shape index (κ1) is 21.7. The fourth-order valence-corrected chi connectivity index (χ4v) is 4.95. The molecular formula is C24H34N6O. The monoisotopic (exact) mass is 422 g/mol. The standard InChI is InChI=1S/C24H34N6O/c1-17(2)30(19-9-5-4-6-10-19)23(31)16-29-14-12-20-21(15-29)26-18(3)27-24(20)28-22-11-7-8-13-25-22/h7-8,11,13,17,19H,4-6,9-10,12,14-16H2,1-3H3,(H,25,26,27,28). The average molecular weight is 423 g/mol. The SMILES string of the molecule is Cc1nc2c(c(Nc3ccccn3)n1)CCN(CC(=O)N(C(C)C)C1CCCCC1)C2. The molecule has 3 heterocycles. The first-order valence-electron chi connectivity index (χ1n) is 11.6. The molecule has 0 saturated heterocycles. The topological polar surface area (TPSA) is 74.2 Å². The molecule has 1 aliphatic heterocycles. The Kier molecular flexibility index (Phi) is 6.80. The van der Waals surface area contributed by atoms with Crippen molar-refractivity contribution in [2.75, 3.05) is 18.4 Å². The van der Waals surface area contributed by atoms with Crippen LogP contribution in [0.3, 0.4) is 0 Å². The maximum Gasteiger partial charge on any atom is 0.237 e. The lowest BCUT2D eigenvalue weighted by Gasteiger charge is -2.39. The van der Waals surface area contributed by atoms with Gasteiger partial charge in [0.25, 0.3) is 0 Å². The van der Waals surface area contributed by atoms with Crippen molar-refractivity contribution in [2.24, 2.45) is 0 Å². The van der Waals surface area contributed by atoms with Gasteiger partial charge in [0.15, 0.2) is 0 Å². The van der Waals surface area contributed by atoms with Crippen LogP contribution >= 0.6 is 0 Å². The Morgan fingerprint density at radius 1 is 1.23 bits per heavy atom. The molecule has 0 aromatic carbocycles. The third kappa shape index (κ3) is 5.21. The summed E-state index contributed by atoms with van der Waals surface area (Å²) < 4.78 is 0. The Labute approximate surface area is 185 Å². The molecule has 4 rings (SSSR count). The summed E-state index contributed by atoms with van der Waals surface area (Å²) >= 11 is 0. The van der Waals surface area contributed by atoms with E-state index in [0.29, 0.717) is 19.1 Å². The maximum absolute atomic E-state index is 13.3. The molecule has 1 saturated carbocycles. The van der Waals surface area contributed by atoms with E-state index in [1.807, 2.05) is 25.1 Å². The minimum absolute atomic E-state index is 0.242. The van der Waals surface area contributed by atoms with Gasteiger partial charge in [0.05, 0.1) is 12.2 Å². The average Bonchev–Trinajstić information content (AvgIpc) is 2.74. The summed E-state index contributed by atoms with van der Waals surface area (Å²) in [6.07, 6.45) is 8.64. The number of aromatic nitrogens is 3. The van der Waals surface area contributed by atoms with E-state index in [-0.39, 0.29) is 11.9 Å². The minimum Gasteiger partial charge on any atom is -0.336 e. The summed E-state index contributed by atoms with van der Waals surface area (Å²) in [5.41, 5.74) is 2.15. The van der Waals surface area contributed by atoms with Crippen LogP contribution in [0.5, 0.6) is 0 Å². The molecule has 2 aromatic rings. The van der Waals surface area contributed by atoms with Gasteiger partial charge in [-0.25, -0.2) is 15.0 Å². The Morgan fingerprint density at radius 3 is 2.74 bits per heavy atom. The van der Waals surface area contributed by atoms with Crippen molar-refractivity contribution in [3.05, 3.63) is 41.5 Å². The second kappa shape index (κ2) is 9.73. The van der Waals surface area contributed by atoms with Crippen molar-refractivity contribution in [1.82, 2.24) is 24.8 Å². The van der Waals surface area contributed by atoms with Gasteiger partial charge in [-0.1, -0.05) is 25.3 Å². The summed E-state index contributed by atoms with van der Waals surface area (Å²) in [5, 5.41) is 3.35. The molecule has 7 heteroatoms. The van der Waals surface area contributed by atoms with Crippen LogP contribution in [-0.4, -0.2) is 55.8 Å². The van der Waals surface area contributed by atoms with Gasteiger partial charge in [-0.15, -0.1) is 0 Å². The van der Waals surface area contributed by atoms with Crippen molar-refractivity contribution in [1.29, 1.82) is 0 Å². The van der Waals surface area contributed by atoms with Crippen LogP contribution in [0, 0.1) is 6.92 Å². The van der Waals surface area contributed by atoms with Crippen LogP contribution in [0.1, 0.15) is 63.0 Å². The number of carbonyl (C=O) groups is 1. The van der Waals surface area contributed by atoms with E-state index in [9.17, 15) is 4.79 Å². The largest absolute Gasteiger partial charge is 0.336 e. The lowest BCUT2D eigenvalue weighted by atomic mass is 9.93. The van der Waals surface area contributed by atoms with E-state index >= 15 is 0 Å². The normalized spacial score (nSPS) is 17.4. The van der Waals surface area contributed by atoms with Gasteiger partial charge in [0.1, 0.15) is 17.5 Å². The quantitative estimate of drug-likeness (QED) is 0.762. The zero-order valence-corrected chi connectivity index (χ0v) is 19.0. The van der Waals surface area contributed by atoms with Crippen LogP contribution in [0.15, 0.2) is 24.4 Å². The van der Waals surface area contributed by atoms with E-state index < -0.39 is 0 Å². The third-order valence-electron chi connectivity index (χ3n) is 6.34. The molecule has 0 unspecified atom stereocenters. The molecule has 7 nitrogen and oxygen atoms in total. The molecule has 0 radical (unpaired) electrons. The third-order valence-corrected chi connectivity index (χ3v) is 6.34. The van der Waals surface area contributed by atoms with Crippen LogP contribution < -0.4 is 5.32 Å². The number of rotatable bonds is 6. The molecule has 0 spiro atoms. The zero-order chi connectivity index (χ0) is 21.8. The number of carbonyl (C=O) groups excluding carboxylic acids is 1. The number of nitrogens with zero attached hydrogens (tertiary/aromatic N) is 5. The summed E-state index contributed by atoms with van der Waals surface area (Å²) in [4.78, 5) is 31.3. The lowest BCUT2D eigenvalue weighted by molar-refractivity contribution is -0.137. The number of nitrogens with one attached hydrogen (secondary N) is 1. The zero-order valence-electron chi connectivity index (χ0n) is 19.0. The summed E-state index contributed by atoms with van der Waals surface area (Å²) in [6, 6.07) is 6.43. The lowest BCUT2D eigenvalue weighted by Crippen LogP contribution is -2.50. The highest BCUT2D eigenvalue weighted by Gasteiger charge is 2.30. The first-order chi connectivity index (χ1) is 15.0. The summed E-state index contributed by atoms with van der Waals surface area (Å²) in [6.45, 7) is 8.17. The van der Waals surface area contributed by atoms with Gasteiger partial charge in [-0.05, 0) is 52.2 Å². The molecule has 0 bridgehead atoms. The smallest absolute Gasteiger partial charge is 0.237 e. The number of anilines is 2. The molecule has 166 valence electrons. The second-order valence-electron chi connectivity index (χ2n) is 9.03. The highest BCUT2D eigenvalue weighted by molar-refractivity contribution is 5.79. The van der Waals surface area contributed by atoms with E-state index in [1.54, 1.807) is 6.20 Å². The van der Waals surface area contributed by atoms with Gasteiger partial charge in [0.2, 0.25) is 5.91 Å². The Balaban J connectivity index is 1.46. The molecule has 1 amide bonds. The molecule has 0 atom stereocenters. The van der Waals surface area contributed by atoms with E-state index in [1.165, 1.54) is 19.3 Å². The van der Waals surface area contributed by atoms with Crippen LogP contribution in [0.4, 0.5) is 11.6 Å². The molecule has 1 N–H and O–H groups in total. The Bertz CT molecular complexity index is 894. The highest BCUT2D eigenvalue weighted by Crippen LogP contribution is 2.27. The van der Waals surface area contributed by atoms with E-state index in [4.69, 9.17) is 4.98 Å². The predicted octanol–water partition coefficient (Wildman–Crippen LogP) is 3.85. The number of aryl methyl sites for hydroxylation is 1. The van der Waals surface area contributed by atoms with Crippen LogP contribution in [-0.2, 0) is 17.8 Å². The fraction of sp³-hybridized carbons (Fsp3) is 0.583. The van der Waals surface area contributed by atoms with E-state index in [0.717, 1.165) is 54.5 Å². The highest BCUT2D eigenvalue weighted by atomic mass is 16.2. The van der Waals surface area contributed by atoms with Crippen molar-refractivity contribution in [3.63, 3.8) is 0 Å². The van der Waals surface area contributed by atoms with Crippen molar-refractivity contribution in [2.45, 2.75) is 77.9 Å². The fourth-order valence-electron chi connectivity index (χ4n) is 4.95. The van der Waals surface area contributed by atoms with Gasteiger partial charge in [-0.3, -0.25) is 9.69 Å². The first-order valence-corrected chi connectivity index (χ1v) is 11.6.